The first-order valence-corrected chi connectivity index (χ1v) is 5.16. The van der Waals surface area contributed by atoms with E-state index < -0.39 is 6.23 Å². The van der Waals surface area contributed by atoms with Crippen LogP contribution in [0.2, 0.25) is 0 Å². The zero-order valence-corrected chi connectivity index (χ0v) is 9.02. The van der Waals surface area contributed by atoms with E-state index in [-0.39, 0.29) is 0 Å². The third-order valence-corrected chi connectivity index (χ3v) is 1.46. The number of rotatable bonds is 6. The Hall–Kier alpha value is -0.0800. The maximum atomic E-state index is 10.4. The van der Waals surface area contributed by atoms with Gasteiger partial charge in [0, 0.05) is 0 Å². The highest BCUT2D eigenvalue weighted by atomic mass is 16.3. The molecular weight excluding hydrogens is 150 g/mol. The maximum absolute atomic E-state index is 10.4. The molecule has 0 rings (SSSR count). The average Bonchev–Trinajstić information content (AvgIpc) is 2.07. The summed E-state index contributed by atoms with van der Waals surface area (Å²) in [6, 6.07) is 0. The molecule has 0 aromatic carbocycles. The SMILES string of the molecule is CC.CCCCCCNC(C)[O]. The first-order chi connectivity index (χ1) is 5.77. The highest BCUT2D eigenvalue weighted by Crippen LogP contribution is 1.96. The lowest BCUT2D eigenvalue weighted by Gasteiger charge is -2.03. The monoisotopic (exact) mass is 174 g/mol. The molecule has 1 radical (unpaired) electrons. The summed E-state index contributed by atoms with van der Waals surface area (Å²) in [5.74, 6) is 0. The molecule has 1 N–H and O–H groups in total. The predicted octanol–water partition coefficient (Wildman–Crippen LogP) is 2.96. The van der Waals surface area contributed by atoms with Crippen molar-refractivity contribution >= 4 is 0 Å². The van der Waals surface area contributed by atoms with Gasteiger partial charge in [0.2, 0.25) is 0 Å². The van der Waals surface area contributed by atoms with Gasteiger partial charge in [-0.05, 0) is 19.9 Å². The number of hydrogen-bond acceptors (Lipinski definition) is 1. The van der Waals surface area contributed by atoms with Crippen molar-refractivity contribution in [3.05, 3.63) is 0 Å². The van der Waals surface area contributed by atoms with Crippen LogP contribution in [0.3, 0.4) is 0 Å². The summed E-state index contributed by atoms with van der Waals surface area (Å²) < 4.78 is 0. The van der Waals surface area contributed by atoms with Crippen molar-refractivity contribution in [3.8, 4) is 0 Å². The van der Waals surface area contributed by atoms with Gasteiger partial charge in [0.05, 0.1) is 0 Å². The lowest BCUT2D eigenvalue weighted by molar-refractivity contribution is 0.0751. The van der Waals surface area contributed by atoms with Crippen LogP contribution >= 0.6 is 0 Å². The zero-order valence-electron chi connectivity index (χ0n) is 9.02. The molecule has 1 unspecified atom stereocenters. The second-order valence-electron chi connectivity index (χ2n) is 2.66. The van der Waals surface area contributed by atoms with E-state index in [2.05, 4.69) is 12.2 Å². The minimum absolute atomic E-state index is 0.596. The molecule has 0 aromatic rings. The van der Waals surface area contributed by atoms with Crippen LogP contribution in [-0.4, -0.2) is 12.8 Å². The molecule has 0 aliphatic carbocycles. The third kappa shape index (κ3) is 16.5. The lowest BCUT2D eigenvalue weighted by atomic mass is 10.2. The summed E-state index contributed by atoms with van der Waals surface area (Å²) in [4.78, 5) is 0. The first-order valence-electron chi connectivity index (χ1n) is 5.16. The summed E-state index contributed by atoms with van der Waals surface area (Å²) in [6.07, 6.45) is 4.33. The fourth-order valence-electron chi connectivity index (χ4n) is 0.857. The van der Waals surface area contributed by atoms with Crippen molar-refractivity contribution in [1.29, 1.82) is 0 Å². The molecule has 0 spiro atoms. The van der Waals surface area contributed by atoms with Crippen molar-refractivity contribution in [2.75, 3.05) is 6.54 Å². The summed E-state index contributed by atoms with van der Waals surface area (Å²) in [7, 11) is 0. The Labute approximate surface area is 77.4 Å². The molecule has 0 aliphatic rings. The molecule has 12 heavy (non-hydrogen) atoms. The van der Waals surface area contributed by atoms with E-state index >= 15 is 0 Å². The molecule has 0 heterocycles. The fourth-order valence-corrected chi connectivity index (χ4v) is 0.857. The second-order valence-corrected chi connectivity index (χ2v) is 2.66. The predicted molar refractivity (Wildman–Crippen MR) is 53.6 cm³/mol. The van der Waals surface area contributed by atoms with E-state index in [1.165, 1.54) is 19.3 Å². The topological polar surface area (TPSA) is 31.9 Å². The number of nitrogens with one attached hydrogen (secondary N) is 1. The number of unbranched alkanes of at least 4 members (excludes halogenated alkanes) is 3. The average molecular weight is 174 g/mol. The van der Waals surface area contributed by atoms with Gasteiger partial charge in [-0.15, -0.1) is 0 Å². The number of hydrogen-bond donors (Lipinski definition) is 1. The maximum Gasteiger partial charge on any atom is 0.140 e. The van der Waals surface area contributed by atoms with Crippen LogP contribution in [0, 0.1) is 0 Å². The summed E-state index contributed by atoms with van der Waals surface area (Å²) >= 11 is 0. The van der Waals surface area contributed by atoms with E-state index in [0.717, 1.165) is 13.0 Å². The van der Waals surface area contributed by atoms with Gasteiger partial charge in [-0.3, -0.25) is 5.32 Å². The van der Waals surface area contributed by atoms with Gasteiger partial charge in [0.15, 0.2) is 0 Å². The zero-order chi connectivity index (χ0) is 9.82. The molecule has 0 saturated heterocycles. The molecule has 0 bridgehead atoms. The van der Waals surface area contributed by atoms with Gasteiger partial charge in [-0.2, -0.15) is 0 Å². The molecule has 2 nitrogen and oxygen atoms in total. The molecule has 0 saturated carbocycles. The third-order valence-electron chi connectivity index (χ3n) is 1.46. The lowest BCUT2D eigenvalue weighted by Crippen LogP contribution is -2.24. The van der Waals surface area contributed by atoms with Crippen molar-refractivity contribution in [2.45, 2.75) is 59.6 Å². The normalized spacial score (nSPS) is 11.8. The Balaban J connectivity index is 0. The van der Waals surface area contributed by atoms with Gasteiger partial charge in [-0.1, -0.05) is 40.0 Å². The first kappa shape index (κ1) is 14.4. The molecule has 0 aromatic heterocycles. The van der Waals surface area contributed by atoms with Crippen LogP contribution in [0.4, 0.5) is 0 Å². The highest BCUT2D eigenvalue weighted by molar-refractivity contribution is 4.47. The van der Waals surface area contributed by atoms with E-state index in [1.807, 2.05) is 13.8 Å². The molecule has 0 fully saturated rings. The van der Waals surface area contributed by atoms with Crippen LogP contribution in [0.15, 0.2) is 0 Å². The van der Waals surface area contributed by atoms with Crippen molar-refractivity contribution in [1.82, 2.24) is 5.32 Å². The quantitative estimate of drug-likeness (QED) is 0.487. The fraction of sp³-hybridized carbons (Fsp3) is 1.00. The minimum atomic E-state index is -0.596. The van der Waals surface area contributed by atoms with Crippen molar-refractivity contribution in [3.63, 3.8) is 0 Å². The summed E-state index contributed by atoms with van der Waals surface area (Å²) in [5.41, 5.74) is 0. The molecule has 0 amide bonds. The Kier molecular flexibility index (Phi) is 16.3. The molecule has 2 heteroatoms. The molecule has 75 valence electrons. The van der Waals surface area contributed by atoms with Crippen molar-refractivity contribution < 1.29 is 5.11 Å². The van der Waals surface area contributed by atoms with Gasteiger partial charge < -0.3 is 0 Å². The Morgan fingerprint density at radius 1 is 1.17 bits per heavy atom. The van der Waals surface area contributed by atoms with Crippen LogP contribution < -0.4 is 5.32 Å². The standard InChI is InChI=1S/C8H18NO.C2H6/c1-3-4-5-6-7-9-8(2)10;1-2/h8-9H,3-7H2,1-2H3;1-2H3. The summed E-state index contributed by atoms with van der Waals surface area (Å²) in [6.45, 7) is 8.70. The van der Waals surface area contributed by atoms with Gasteiger partial charge >= 0.3 is 0 Å². The van der Waals surface area contributed by atoms with Crippen LogP contribution in [0.1, 0.15) is 53.4 Å². The van der Waals surface area contributed by atoms with Crippen LogP contribution in [-0.2, 0) is 5.11 Å². The van der Waals surface area contributed by atoms with Crippen LogP contribution in [0.5, 0.6) is 0 Å². The van der Waals surface area contributed by atoms with Gasteiger partial charge in [0.25, 0.3) is 0 Å². The smallest absolute Gasteiger partial charge is 0.140 e. The molecule has 1 atom stereocenters. The Bertz CT molecular complexity index is 64.9. The molecule has 0 aliphatic heterocycles. The van der Waals surface area contributed by atoms with Gasteiger partial charge in [-0.25, -0.2) is 5.11 Å². The minimum Gasteiger partial charge on any atom is -0.290 e. The Morgan fingerprint density at radius 2 is 1.75 bits per heavy atom. The highest BCUT2D eigenvalue weighted by Gasteiger charge is 1.93. The second kappa shape index (κ2) is 13.5. The van der Waals surface area contributed by atoms with Gasteiger partial charge in [0.1, 0.15) is 6.23 Å². The van der Waals surface area contributed by atoms with E-state index in [4.69, 9.17) is 0 Å². The van der Waals surface area contributed by atoms with E-state index in [0.29, 0.717) is 0 Å². The molecular formula is C10H24NO. The van der Waals surface area contributed by atoms with Crippen LogP contribution in [0.25, 0.3) is 0 Å². The summed E-state index contributed by atoms with van der Waals surface area (Å²) in [5, 5.41) is 13.3. The Morgan fingerprint density at radius 3 is 2.17 bits per heavy atom. The van der Waals surface area contributed by atoms with E-state index in [9.17, 15) is 5.11 Å². The largest absolute Gasteiger partial charge is 0.290 e. The van der Waals surface area contributed by atoms with E-state index in [1.54, 1.807) is 6.92 Å². The van der Waals surface area contributed by atoms with Crippen molar-refractivity contribution in [2.24, 2.45) is 0 Å².